The molecule has 0 aliphatic carbocycles. The summed E-state index contributed by atoms with van der Waals surface area (Å²) in [6, 6.07) is 0. The summed E-state index contributed by atoms with van der Waals surface area (Å²) >= 11 is 0. The second-order valence-corrected chi connectivity index (χ2v) is 6.51. The molecule has 0 aromatic heterocycles. The van der Waals surface area contributed by atoms with Crippen molar-refractivity contribution in [1.29, 1.82) is 0 Å². The van der Waals surface area contributed by atoms with Crippen LogP contribution >= 0.6 is 0 Å². The first kappa shape index (κ1) is 12.3. The van der Waals surface area contributed by atoms with Crippen LogP contribution in [0.1, 0.15) is 41.5 Å². The first-order valence-electron chi connectivity index (χ1n) is 5.54. The van der Waals surface area contributed by atoms with E-state index in [0.29, 0.717) is 0 Å². The smallest absolute Gasteiger partial charge is 0.250 e. The number of hydrogen-bond acceptors (Lipinski definition) is 1. The van der Waals surface area contributed by atoms with Crippen LogP contribution in [-0.4, -0.2) is 24.4 Å². The number of carbonyl (C=O) groups is 1. The summed E-state index contributed by atoms with van der Waals surface area (Å²) in [4.78, 5) is 13.9. The van der Waals surface area contributed by atoms with Gasteiger partial charge < -0.3 is 4.90 Å². The molecular formula is C13H23NO. The molecule has 1 rings (SSSR count). The maximum absolute atomic E-state index is 12.1. The van der Waals surface area contributed by atoms with E-state index in [1.165, 1.54) is 5.57 Å². The minimum absolute atomic E-state index is 0.0511. The van der Waals surface area contributed by atoms with E-state index in [9.17, 15) is 4.79 Å². The van der Waals surface area contributed by atoms with Crippen molar-refractivity contribution in [2.24, 2.45) is 10.8 Å². The van der Waals surface area contributed by atoms with Crippen molar-refractivity contribution in [2.45, 2.75) is 41.5 Å². The molecule has 15 heavy (non-hydrogen) atoms. The summed E-state index contributed by atoms with van der Waals surface area (Å²) in [7, 11) is 1.88. The molecule has 1 aliphatic rings. The standard InChI is InChI=1S/C13H23NO/c1-12(2,3)9-8-14(7)11(15)10(9)13(4,5)6/h8H2,1-7H3. The quantitative estimate of drug-likeness (QED) is 0.601. The molecule has 2 heteroatoms. The van der Waals surface area contributed by atoms with Gasteiger partial charge in [0.15, 0.2) is 0 Å². The van der Waals surface area contributed by atoms with E-state index in [2.05, 4.69) is 41.5 Å². The molecule has 1 aliphatic heterocycles. The zero-order valence-electron chi connectivity index (χ0n) is 11.1. The van der Waals surface area contributed by atoms with Gasteiger partial charge >= 0.3 is 0 Å². The van der Waals surface area contributed by atoms with E-state index >= 15 is 0 Å². The predicted octanol–water partition coefficient (Wildman–Crippen LogP) is 2.85. The van der Waals surface area contributed by atoms with Gasteiger partial charge in [-0.15, -0.1) is 0 Å². The summed E-state index contributed by atoms with van der Waals surface area (Å²) in [5, 5.41) is 0. The molecular weight excluding hydrogens is 186 g/mol. The SMILES string of the molecule is CN1CC(C(C)(C)C)=C(C(C)(C)C)C1=O. The van der Waals surface area contributed by atoms with Crippen molar-refractivity contribution >= 4 is 5.91 Å². The molecule has 0 saturated heterocycles. The fourth-order valence-corrected chi connectivity index (χ4v) is 2.09. The second kappa shape index (κ2) is 3.36. The third-order valence-electron chi connectivity index (χ3n) is 2.91. The number of carbonyl (C=O) groups excluding carboxylic acids is 1. The average Bonchev–Trinajstić information content (AvgIpc) is 2.25. The van der Waals surface area contributed by atoms with Crippen molar-refractivity contribution in [3.8, 4) is 0 Å². The van der Waals surface area contributed by atoms with Gasteiger partial charge in [-0.1, -0.05) is 41.5 Å². The fourth-order valence-electron chi connectivity index (χ4n) is 2.09. The third-order valence-corrected chi connectivity index (χ3v) is 2.91. The van der Waals surface area contributed by atoms with Crippen LogP contribution < -0.4 is 0 Å². The first-order chi connectivity index (χ1) is 6.55. The van der Waals surface area contributed by atoms with Crippen molar-refractivity contribution in [3.63, 3.8) is 0 Å². The molecule has 0 bridgehead atoms. The highest BCUT2D eigenvalue weighted by Gasteiger charge is 2.39. The zero-order valence-corrected chi connectivity index (χ0v) is 11.1. The molecule has 86 valence electrons. The van der Waals surface area contributed by atoms with E-state index in [4.69, 9.17) is 0 Å². The Morgan fingerprint density at radius 3 is 1.73 bits per heavy atom. The van der Waals surface area contributed by atoms with Crippen LogP contribution in [0.2, 0.25) is 0 Å². The highest BCUT2D eigenvalue weighted by atomic mass is 16.2. The molecule has 0 spiro atoms. The maximum Gasteiger partial charge on any atom is 0.250 e. The Kier molecular flexibility index (Phi) is 2.75. The molecule has 0 aromatic carbocycles. The number of nitrogens with zero attached hydrogens (tertiary/aromatic N) is 1. The lowest BCUT2D eigenvalue weighted by molar-refractivity contribution is -0.125. The normalized spacial score (nSPS) is 19.1. The largest absolute Gasteiger partial charge is 0.338 e. The Labute approximate surface area is 93.3 Å². The molecule has 0 unspecified atom stereocenters. The Bertz CT molecular complexity index is 312. The van der Waals surface area contributed by atoms with Crippen molar-refractivity contribution < 1.29 is 4.79 Å². The van der Waals surface area contributed by atoms with E-state index in [0.717, 1.165) is 12.1 Å². The molecule has 0 radical (unpaired) electrons. The number of hydrogen-bond donors (Lipinski definition) is 0. The zero-order chi connectivity index (χ0) is 12.0. The van der Waals surface area contributed by atoms with Gasteiger partial charge in [-0.2, -0.15) is 0 Å². The van der Waals surface area contributed by atoms with Gasteiger partial charge in [0.1, 0.15) is 0 Å². The molecule has 0 atom stereocenters. The van der Waals surface area contributed by atoms with Crippen LogP contribution in [0.25, 0.3) is 0 Å². The summed E-state index contributed by atoms with van der Waals surface area (Å²) in [5.41, 5.74) is 2.34. The van der Waals surface area contributed by atoms with Crippen molar-refractivity contribution in [1.82, 2.24) is 4.90 Å². The van der Waals surface area contributed by atoms with Gasteiger partial charge in [0.25, 0.3) is 0 Å². The second-order valence-electron chi connectivity index (χ2n) is 6.51. The number of rotatable bonds is 0. The van der Waals surface area contributed by atoms with Gasteiger partial charge in [-0.05, 0) is 16.4 Å². The molecule has 1 amide bonds. The monoisotopic (exact) mass is 209 g/mol. The average molecular weight is 209 g/mol. The van der Waals surface area contributed by atoms with Gasteiger partial charge in [-0.3, -0.25) is 4.79 Å². The molecule has 0 aromatic rings. The Hall–Kier alpha value is -0.790. The lowest BCUT2D eigenvalue weighted by Gasteiger charge is -2.26. The van der Waals surface area contributed by atoms with Crippen molar-refractivity contribution in [3.05, 3.63) is 11.1 Å². The number of likely N-dealkylation sites (N-methyl/N-ethyl adjacent to an activating group) is 1. The van der Waals surface area contributed by atoms with Crippen LogP contribution in [0.5, 0.6) is 0 Å². The predicted molar refractivity (Wildman–Crippen MR) is 63.6 cm³/mol. The minimum atomic E-state index is -0.0511. The highest BCUT2D eigenvalue weighted by molar-refractivity contribution is 5.98. The van der Waals surface area contributed by atoms with Gasteiger partial charge in [0, 0.05) is 19.2 Å². The molecule has 2 nitrogen and oxygen atoms in total. The lowest BCUT2D eigenvalue weighted by Crippen LogP contribution is -2.26. The summed E-state index contributed by atoms with van der Waals surface area (Å²) in [5.74, 6) is 0.201. The number of amides is 1. The van der Waals surface area contributed by atoms with E-state index < -0.39 is 0 Å². The van der Waals surface area contributed by atoms with Gasteiger partial charge in [-0.25, -0.2) is 0 Å². The molecule has 0 saturated carbocycles. The Balaban J connectivity index is 3.29. The maximum atomic E-state index is 12.1. The highest BCUT2D eigenvalue weighted by Crippen LogP contribution is 2.41. The topological polar surface area (TPSA) is 20.3 Å². The van der Waals surface area contributed by atoms with Crippen LogP contribution in [0.15, 0.2) is 11.1 Å². The van der Waals surface area contributed by atoms with Gasteiger partial charge in [0.2, 0.25) is 5.91 Å². The minimum Gasteiger partial charge on any atom is -0.338 e. The van der Waals surface area contributed by atoms with Gasteiger partial charge in [0.05, 0.1) is 0 Å². The van der Waals surface area contributed by atoms with E-state index in [-0.39, 0.29) is 16.7 Å². The summed E-state index contributed by atoms with van der Waals surface area (Å²) < 4.78 is 0. The lowest BCUT2D eigenvalue weighted by atomic mass is 9.76. The third kappa shape index (κ3) is 2.24. The van der Waals surface area contributed by atoms with Crippen LogP contribution in [-0.2, 0) is 4.79 Å². The molecule has 1 heterocycles. The fraction of sp³-hybridized carbons (Fsp3) is 0.769. The molecule has 0 N–H and O–H groups in total. The molecule has 0 fully saturated rings. The van der Waals surface area contributed by atoms with E-state index in [1.807, 2.05) is 11.9 Å². The summed E-state index contributed by atoms with van der Waals surface area (Å²) in [6.07, 6.45) is 0. The van der Waals surface area contributed by atoms with Crippen LogP contribution in [0, 0.1) is 10.8 Å². The Morgan fingerprint density at radius 1 is 1.00 bits per heavy atom. The Morgan fingerprint density at radius 2 is 1.47 bits per heavy atom. The van der Waals surface area contributed by atoms with Crippen LogP contribution in [0.4, 0.5) is 0 Å². The van der Waals surface area contributed by atoms with Crippen molar-refractivity contribution in [2.75, 3.05) is 13.6 Å². The first-order valence-corrected chi connectivity index (χ1v) is 5.54. The van der Waals surface area contributed by atoms with Crippen LogP contribution in [0.3, 0.4) is 0 Å². The summed E-state index contributed by atoms with van der Waals surface area (Å²) in [6.45, 7) is 13.7. The van der Waals surface area contributed by atoms with E-state index in [1.54, 1.807) is 0 Å².